The second-order valence-corrected chi connectivity index (χ2v) is 6.20. The molecule has 1 aliphatic heterocycles. The minimum absolute atomic E-state index is 0.0679. The number of carbonyl (C=O) groups is 1. The molecule has 2 fully saturated rings. The van der Waals surface area contributed by atoms with Gasteiger partial charge in [0.1, 0.15) is 0 Å². The van der Waals surface area contributed by atoms with Gasteiger partial charge in [-0.1, -0.05) is 12.8 Å². The average Bonchev–Trinajstić information content (AvgIpc) is 2.81. The van der Waals surface area contributed by atoms with Crippen molar-refractivity contribution in [3.63, 3.8) is 0 Å². The summed E-state index contributed by atoms with van der Waals surface area (Å²) in [7, 11) is 0. The molecule has 1 unspecified atom stereocenters. The molecular weight excluding hydrogens is 228 g/mol. The third-order valence-corrected chi connectivity index (χ3v) is 4.50. The quantitative estimate of drug-likeness (QED) is 0.798. The summed E-state index contributed by atoms with van der Waals surface area (Å²) in [5.74, 6) is 0.156. The van der Waals surface area contributed by atoms with Crippen LogP contribution in [0.3, 0.4) is 0 Å². The van der Waals surface area contributed by atoms with Crippen LogP contribution in [-0.2, 0) is 4.79 Å². The molecule has 18 heavy (non-hydrogen) atoms. The van der Waals surface area contributed by atoms with Crippen molar-refractivity contribution in [3.05, 3.63) is 0 Å². The number of likely N-dealkylation sites (tertiary alicyclic amines) is 1. The molecule has 0 spiro atoms. The molecule has 104 valence electrons. The molecule has 2 aliphatic rings. The normalized spacial score (nSPS) is 27.1. The lowest BCUT2D eigenvalue weighted by Crippen LogP contribution is -2.52. The van der Waals surface area contributed by atoms with Crippen molar-refractivity contribution in [1.82, 2.24) is 10.2 Å². The average molecular weight is 254 g/mol. The Kier molecular flexibility index (Phi) is 4.28. The third kappa shape index (κ3) is 3.45. The van der Waals surface area contributed by atoms with Gasteiger partial charge in [0.25, 0.3) is 0 Å². The Balaban J connectivity index is 1.79. The highest BCUT2D eigenvalue weighted by atomic mass is 16.3. The molecular formula is C14H26N2O2. The van der Waals surface area contributed by atoms with E-state index < -0.39 is 5.60 Å². The lowest BCUT2D eigenvalue weighted by molar-refractivity contribution is -0.128. The maximum absolute atomic E-state index is 12.1. The zero-order chi connectivity index (χ0) is 13.2. The zero-order valence-electron chi connectivity index (χ0n) is 11.6. The number of amides is 1. The maximum atomic E-state index is 12.1. The van der Waals surface area contributed by atoms with Gasteiger partial charge < -0.3 is 10.4 Å². The summed E-state index contributed by atoms with van der Waals surface area (Å²) in [5, 5.41) is 13.1. The van der Waals surface area contributed by atoms with Crippen LogP contribution in [0.4, 0.5) is 0 Å². The highest BCUT2D eigenvalue weighted by Crippen LogP contribution is 2.23. The number of piperidine rings is 1. The number of nitrogens with zero attached hydrogens (tertiary/aromatic N) is 1. The van der Waals surface area contributed by atoms with Crippen molar-refractivity contribution in [3.8, 4) is 0 Å². The number of carbonyl (C=O) groups excluding carboxylic acids is 1. The molecule has 1 saturated carbocycles. The van der Waals surface area contributed by atoms with Gasteiger partial charge in [-0.3, -0.25) is 9.69 Å². The largest absolute Gasteiger partial charge is 0.390 e. The molecule has 0 aromatic heterocycles. The van der Waals surface area contributed by atoms with Gasteiger partial charge in [-0.15, -0.1) is 0 Å². The van der Waals surface area contributed by atoms with E-state index >= 15 is 0 Å². The Morgan fingerprint density at radius 2 is 1.89 bits per heavy atom. The summed E-state index contributed by atoms with van der Waals surface area (Å²) in [6.45, 7) is 5.48. The number of nitrogens with one attached hydrogen (secondary N) is 1. The molecule has 0 radical (unpaired) electrons. The fourth-order valence-corrected chi connectivity index (χ4v) is 2.95. The van der Waals surface area contributed by atoms with Gasteiger partial charge in [-0.25, -0.2) is 0 Å². The highest BCUT2D eigenvalue weighted by Gasteiger charge is 2.32. The Morgan fingerprint density at radius 3 is 2.44 bits per heavy atom. The lowest BCUT2D eigenvalue weighted by Gasteiger charge is -2.38. The summed E-state index contributed by atoms with van der Waals surface area (Å²) < 4.78 is 0. The van der Waals surface area contributed by atoms with Gasteiger partial charge in [0, 0.05) is 19.1 Å². The molecule has 0 aromatic rings. The monoisotopic (exact) mass is 254 g/mol. The van der Waals surface area contributed by atoms with E-state index in [9.17, 15) is 9.90 Å². The predicted molar refractivity (Wildman–Crippen MR) is 71.3 cm³/mol. The lowest BCUT2D eigenvalue weighted by atomic mass is 9.93. The van der Waals surface area contributed by atoms with Crippen molar-refractivity contribution in [2.24, 2.45) is 0 Å². The van der Waals surface area contributed by atoms with Crippen molar-refractivity contribution < 1.29 is 9.90 Å². The van der Waals surface area contributed by atoms with Crippen LogP contribution in [-0.4, -0.2) is 46.7 Å². The maximum Gasteiger partial charge on any atom is 0.237 e. The number of hydrogen-bond donors (Lipinski definition) is 2. The number of hydrogen-bond acceptors (Lipinski definition) is 3. The zero-order valence-corrected chi connectivity index (χ0v) is 11.6. The third-order valence-electron chi connectivity index (χ3n) is 4.50. The topological polar surface area (TPSA) is 52.6 Å². The van der Waals surface area contributed by atoms with Gasteiger partial charge in [-0.05, 0) is 39.5 Å². The molecule has 2 N–H and O–H groups in total. The summed E-state index contributed by atoms with van der Waals surface area (Å²) >= 11 is 0. The van der Waals surface area contributed by atoms with Crippen molar-refractivity contribution in [2.45, 2.75) is 70.1 Å². The van der Waals surface area contributed by atoms with Gasteiger partial charge in [-0.2, -0.15) is 0 Å². The van der Waals surface area contributed by atoms with Gasteiger partial charge in [0.2, 0.25) is 5.91 Å². The van der Waals surface area contributed by atoms with Crippen molar-refractivity contribution in [2.75, 3.05) is 13.1 Å². The summed E-state index contributed by atoms with van der Waals surface area (Å²) in [5.41, 5.74) is -0.544. The van der Waals surface area contributed by atoms with Crippen LogP contribution in [0.5, 0.6) is 0 Å². The van der Waals surface area contributed by atoms with Crippen LogP contribution in [0.25, 0.3) is 0 Å². The van der Waals surface area contributed by atoms with Crippen LogP contribution in [0.2, 0.25) is 0 Å². The molecule has 2 rings (SSSR count). The summed E-state index contributed by atoms with van der Waals surface area (Å²) in [6, 6.07) is 0.328. The van der Waals surface area contributed by atoms with Gasteiger partial charge in [0.05, 0.1) is 11.6 Å². The highest BCUT2D eigenvalue weighted by molar-refractivity contribution is 5.81. The molecule has 1 saturated heterocycles. The van der Waals surface area contributed by atoms with E-state index in [0.717, 1.165) is 38.8 Å². The number of aliphatic hydroxyl groups is 1. The van der Waals surface area contributed by atoms with E-state index in [0.29, 0.717) is 6.04 Å². The fourth-order valence-electron chi connectivity index (χ4n) is 2.95. The standard InChI is InChI=1S/C14H26N2O2/c1-11(13(17)15-12-5-3-4-6-12)16-9-7-14(2,18)8-10-16/h11-12,18H,3-10H2,1-2H3,(H,15,17). The van der Waals surface area contributed by atoms with E-state index in [2.05, 4.69) is 10.2 Å². The molecule has 4 nitrogen and oxygen atoms in total. The van der Waals surface area contributed by atoms with Gasteiger partial charge in [0.15, 0.2) is 0 Å². The van der Waals surface area contributed by atoms with E-state index in [4.69, 9.17) is 0 Å². The second kappa shape index (κ2) is 5.57. The predicted octanol–water partition coefficient (Wildman–Crippen LogP) is 1.28. The Bertz CT molecular complexity index is 288. The summed E-state index contributed by atoms with van der Waals surface area (Å²) in [6.07, 6.45) is 6.26. The molecule has 1 aliphatic carbocycles. The van der Waals surface area contributed by atoms with E-state index in [1.165, 1.54) is 12.8 Å². The van der Waals surface area contributed by atoms with Crippen LogP contribution < -0.4 is 5.32 Å². The van der Waals surface area contributed by atoms with Crippen molar-refractivity contribution >= 4 is 5.91 Å². The number of rotatable bonds is 3. The van der Waals surface area contributed by atoms with E-state index in [1.54, 1.807) is 0 Å². The van der Waals surface area contributed by atoms with Gasteiger partial charge >= 0.3 is 0 Å². The molecule has 0 aromatic carbocycles. The van der Waals surface area contributed by atoms with Crippen LogP contribution in [0, 0.1) is 0 Å². The molecule has 0 bridgehead atoms. The molecule has 1 atom stereocenters. The fraction of sp³-hybridized carbons (Fsp3) is 0.929. The Hall–Kier alpha value is -0.610. The summed E-state index contributed by atoms with van der Waals surface area (Å²) in [4.78, 5) is 14.3. The molecule has 1 amide bonds. The first-order valence-electron chi connectivity index (χ1n) is 7.25. The molecule has 1 heterocycles. The first kappa shape index (κ1) is 13.8. The minimum Gasteiger partial charge on any atom is -0.390 e. The van der Waals surface area contributed by atoms with Crippen molar-refractivity contribution in [1.29, 1.82) is 0 Å². The minimum atomic E-state index is -0.544. The second-order valence-electron chi connectivity index (χ2n) is 6.20. The van der Waals surface area contributed by atoms with E-state index in [1.807, 2.05) is 13.8 Å². The first-order chi connectivity index (χ1) is 8.48. The smallest absolute Gasteiger partial charge is 0.237 e. The van der Waals surface area contributed by atoms with Crippen LogP contribution >= 0.6 is 0 Å². The molecule has 4 heteroatoms. The SMILES string of the molecule is CC(C(=O)NC1CCCC1)N1CCC(C)(O)CC1. The van der Waals surface area contributed by atoms with Crippen LogP contribution in [0.15, 0.2) is 0 Å². The first-order valence-corrected chi connectivity index (χ1v) is 7.25. The van der Waals surface area contributed by atoms with Crippen LogP contribution in [0.1, 0.15) is 52.4 Å². The Labute approximate surface area is 110 Å². The Morgan fingerprint density at radius 1 is 1.33 bits per heavy atom. The van der Waals surface area contributed by atoms with E-state index in [-0.39, 0.29) is 11.9 Å².